The lowest BCUT2D eigenvalue weighted by Gasteiger charge is -2.13. The number of nitrogens with one attached hydrogen (secondary N) is 1. The third-order valence-electron chi connectivity index (χ3n) is 4.45. The molecule has 5 nitrogen and oxygen atoms in total. The number of carbonyl (C=O) groups is 2. The molecule has 0 radical (unpaired) electrons. The molecule has 1 heterocycles. The molecule has 6 heteroatoms. The second-order valence-corrected chi connectivity index (χ2v) is 7.75. The van der Waals surface area contributed by atoms with Gasteiger partial charge in [0.2, 0.25) is 0 Å². The third-order valence-corrected chi connectivity index (χ3v) is 5.41. The summed E-state index contributed by atoms with van der Waals surface area (Å²) in [6, 6.07) is 8.03. The molecule has 0 fully saturated rings. The maximum atomic E-state index is 12.1. The maximum absolute atomic E-state index is 12.1. The second-order valence-electron chi connectivity index (χ2n) is 6.66. The van der Waals surface area contributed by atoms with Gasteiger partial charge in [-0.2, -0.15) is 0 Å². The molecule has 1 aliphatic carbocycles. The van der Waals surface area contributed by atoms with Crippen molar-refractivity contribution in [2.45, 2.75) is 50.6 Å². The fraction of sp³-hybridized carbons (Fsp3) is 0.400. The van der Waals surface area contributed by atoms with Gasteiger partial charge < -0.3 is 4.98 Å². The zero-order chi connectivity index (χ0) is 18.5. The van der Waals surface area contributed by atoms with Crippen LogP contribution in [0.1, 0.15) is 41.6 Å². The number of carbonyl (C=O) groups excluding carboxylic acids is 2. The number of rotatable bonds is 7. The Balaban J connectivity index is 1.47. The fourth-order valence-electron chi connectivity index (χ4n) is 2.98. The Bertz CT molecular complexity index is 872. The van der Waals surface area contributed by atoms with E-state index in [4.69, 9.17) is 0 Å². The van der Waals surface area contributed by atoms with Crippen molar-refractivity contribution in [1.82, 2.24) is 9.97 Å². The Morgan fingerprint density at radius 1 is 1.19 bits per heavy atom. The fourth-order valence-corrected chi connectivity index (χ4v) is 3.80. The summed E-state index contributed by atoms with van der Waals surface area (Å²) >= 11 is 1.45. The number of Topliss-reactive ketones (excluding diaryl/α,β-unsaturated/α-hetero) is 2. The molecule has 136 valence electrons. The minimum Gasteiger partial charge on any atom is -0.301 e. The highest BCUT2D eigenvalue weighted by molar-refractivity contribution is 7.99. The molecule has 26 heavy (non-hydrogen) atoms. The summed E-state index contributed by atoms with van der Waals surface area (Å²) in [4.78, 5) is 42.8. The van der Waals surface area contributed by atoms with Crippen molar-refractivity contribution in [3.63, 3.8) is 0 Å². The summed E-state index contributed by atoms with van der Waals surface area (Å²) in [6.07, 6.45) is 2.92. The average molecular weight is 370 g/mol. The van der Waals surface area contributed by atoms with E-state index in [0.717, 1.165) is 23.4 Å². The lowest BCUT2D eigenvalue weighted by molar-refractivity contribution is -0.119. The van der Waals surface area contributed by atoms with Crippen molar-refractivity contribution in [3.8, 4) is 0 Å². The number of hydrogen-bond donors (Lipinski definition) is 1. The first-order valence-electron chi connectivity index (χ1n) is 8.85. The van der Waals surface area contributed by atoms with E-state index in [2.05, 4.69) is 9.97 Å². The molecule has 2 aromatic rings. The van der Waals surface area contributed by atoms with Gasteiger partial charge in [-0.1, -0.05) is 41.6 Å². The van der Waals surface area contributed by atoms with Gasteiger partial charge in [-0.25, -0.2) is 4.98 Å². The number of ketones is 2. The van der Waals surface area contributed by atoms with E-state index in [9.17, 15) is 14.4 Å². The molecule has 0 aliphatic heterocycles. The number of fused-ring (bicyclic) bond motifs is 1. The first-order valence-corrected chi connectivity index (χ1v) is 9.83. The highest BCUT2D eigenvalue weighted by atomic mass is 32.2. The first-order chi connectivity index (χ1) is 12.5. The quantitative estimate of drug-likeness (QED) is 0.460. The van der Waals surface area contributed by atoms with E-state index < -0.39 is 0 Å². The topological polar surface area (TPSA) is 79.9 Å². The van der Waals surface area contributed by atoms with Crippen LogP contribution in [0.4, 0.5) is 0 Å². The van der Waals surface area contributed by atoms with Crippen molar-refractivity contribution in [2.24, 2.45) is 0 Å². The number of aromatic nitrogens is 2. The second kappa shape index (κ2) is 8.45. The van der Waals surface area contributed by atoms with Gasteiger partial charge in [-0.05, 0) is 25.3 Å². The highest BCUT2D eigenvalue weighted by Crippen LogP contribution is 2.19. The number of thioether (sulfide) groups is 1. The van der Waals surface area contributed by atoms with Crippen LogP contribution in [0.3, 0.4) is 0 Å². The average Bonchev–Trinajstić information content (AvgIpc) is 2.61. The smallest absolute Gasteiger partial charge is 0.255 e. The molecular weight excluding hydrogens is 348 g/mol. The third kappa shape index (κ3) is 4.91. The number of benzene rings is 1. The molecule has 0 unspecified atom stereocenters. The van der Waals surface area contributed by atoms with Gasteiger partial charge in [0, 0.05) is 37.0 Å². The summed E-state index contributed by atoms with van der Waals surface area (Å²) in [6.45, 7) is 2.03. The van der Waals surface area contributed by atoms with Crippen LogP contribution in [0, 0.1) is 6.92 Å². The van der Waals surface area contributed by atoms with Crippen molar-refractivity contribution >= 4 is 23.3 Å². The molecule has 0 saturated heterocycles. The molecule has 0 spiro atoms. The Hall–Kier alpha value is -2.21. The first kappa shape index (κ1) is 18.6. The van der Waals surface area contributed by atoms with E-state index in [1.807, 2.05) is 31.2 Å². The molecule has 0 amide bonds. The molecular formula is C20H22N2O3S. The van der Waals surface area contributed by atoms with Gasteiger partial charge in [0.1, 0.15) is 11.6 Å². The van der Waals surface area contributed by atoms with Gasteiger partial charge in [-0.15, -0.1) is 0 Å². The maximum Gasteiger partial charge on any atom is 0.255 e. The molecule has 1 aromatic heterocycles. The van der Waals surface area contributed by atoms with Crippen LogP contribution in [0.2, 0.25) is 0 Å². The van der Waals surface area contributed by atoms with Gasteiger partial charge in [0.25, 0.3) is 5.56 Å². The van der Waals surface area contributed by atoms with E-state index >= 15 is 0 Å². The summed E-state index contributed by atoms with van der Waals surface area (Å²) in [5.74, 6) is 1.04. The van der Waals surface area contributed by atoms with E-state index in [-0.39, 0.29) is 23.5 Å². The van der Waals surface area contributed by atoms with Crippen LogP contribution in [-0.2, 0) is 28.9 Å². The van der Waals surface area contributed by atoms with Crippen LogP contribution in [0.15, 0.2) is 34.2 Å². The predicted octanol–water partition coefficient (Wildman–Crippen LogP) is 2.82. The van der Waals surface area contributed by atoms with Crippen molar-refractivity contribution < 1.29 is 9.59 Å². The SMILES string of the molecule is Cc1ccc(CC(=O)CCCSc2nc3c(c(=O)[nH]2)CC(=O)CC3)cc1. The number of aromatic amines is 1. The van der Waals surface area contributed by atoms with Crippen molar-refractivity contribution in [3.05, 3.63) is 57.0 Å². The Kier molecular flexibility index (Phi) is 6.04. The van der Waals surface area contributed by atoms with Crippen LogP contribution in [-0.4, -0.2) is 27.3 Å². The summed E-state index contributed by atoms with van der Waals surface area (Å²) in [7, 11) is 0. The minimum atomic E-state index is -0.207. The zero-order valence-electron chi connectivity index (χ0n) is 14.8. The van der Waals surface area contributed by atoms with Gasteiger partial charge in [0.05, 0.1) is 5.69 Å². The predicted molar refractivity (Wildman–Crippen MR) is 102 cm³/mol. The van der Waals surface area contributed by atoms with E-state index in [1.165, 1.54) is 17.3 Å². The zero-order valence-corrected chi connectivity index (χ0v) is 15.7. The largest absolute Gasteiger partial charge is 0.301 e. The standard InChI is InChI=1S/C20H22N2O3S/c1-13-4-6-14(7-5-13)11-15(23)3-2-10-26-20-21-18-9-8-16(24)12-17(18)19(25)22-20/h4-7H,2-3,8-12H2,1H3,(H,21,22,25). The lowest BCUT2D eigenvalue weighted by Crippen LogP contribution is -2.25. The van der Waals surface area contributed by atoms with Gasteiger partial charge in [-0.3, -0.25) is 14.4 Å². The summed E-state index contributed by atoms with van der Waals surface area (Å²) < 4.78 is 0. The monoisotopic (exact) mass is 370 g/mol. The van der Waals surface area contributed by atoms with Crippen LogP contribution in [0.5, 0.6) is 0 Å². The Morgan fingerprint density at radius 3 is 2.73 bits per heavy atom. The van der Waals surface area contributed by atoms with Crippen molar-refractivity contribution in [2.75, 3.05) is 5.75 Å². The summed E-state index contributed by atoms with van der Waals surface area (Å²) in [5.41, 5.74) is 3.28. The van der Waals surface area contributed by atoms with Crippen LogP contribution >= 0.6 is 11.8 Å². The number of aryl methyl sites for hydroxylation is 2. The van der Waals surface area contributed by atoms with Crippen LogP contribution in [0.25, 0.3) is 0 Å². The highest BCUT2D eigenvalue weighted by Gasteiger charge is 2.20. The molecule has 1 aliphatic rings. The molecule has 0 atom stereocenters. The van der Waals surface area contributed by atoms with E-state index in [0.29, 0.717) is 36.4 Å². The van der Waals surface area contributed by atoms with Gasteiger partial charge >= 0.3 is 0 Å². The molecule has 0 saturated carbocycles. The van der Waals surface area contributed by atoms with Crippen molar-refractivity contribution in [1.29, 1.82) is 0 Å². The Morgan fingerprint density at radius 2 is 1.96 bits per heavy atom. The number of nitrogens with zero attached hydrogens (tertiary/aromatic N) is 1. The minimum absolute atomic E-state index is 0.0947. The van der Waals surface area contributed by atoms with Gasteiger partial charge in [0.15, 0.2) is 5.16 Å². The van der Waals surface area contributed by atoms with Crippen LogP contribution < -0.4 is 5.56 Å². The summed E-state index contributed by atoms with van der Waals surface area (Å²) in [5, 5.41) is 0.578. The molecule has 1 N–H and O–H groups in total. The number of hydrogen-bond acceptors (Lipinski definition) is 5. The Labute approximate surface area is 156 Å². The molecule has 3 rings (SSSR count). The molecule has 0 bridgehead atoms. The van der Waals surface area contributed by atoms with E-state index in [1.54, 1.807) is 0 Å². The normalized spacial score (nSPS) is 13.5. The lowest BCUT2D eigenvalue weighted by atomic mass is 9.96. The molecule has 1 aromatic carbocycles. The number of H-pyrrole nitrogens is 1.